The molecule has 0 aliphatic heterocycles. The topological polar surface area (TPSA) is 60.8 Å². The van der Waals surface area contributed by atoms with Crippen molar-refractivity contribution in [2.24, 2.45) is 11.8 Å². The lowest BCUT2D eigenvalue weighted by molar-refractivity contribution is -0.141. The molecule has 2 N–H and O–H groups in total. The normalized spacial score (nSPS) is 13.5. The van der Waals surface area contributed by atoms with E-state index in [0.29, 0.717) is 19.0 Å². The molecule has 15 heavy (non-hydrogen) atoms. The number of carboxylic acids is 1. The van der Waals surface area contributed by atoms with Crippen molar-refractivity contribution in [1.29, 1.82) is 0 Å². The van der Waals surface area contributed by atoms with Gasteiger partial charge in [0.1, 0.15) is 0 Å². The highest BCUT2D eigenvalue weighted by Gasteiger charge is 2.15. The summed E-state index contributed by atoms with van der Waals surface area (Å²) in [5.74, 6) is -0.544. The van der Waals surface area contributed by atoms with Crippen molar-refractivity contribution < 1.29 is 15.0 Å². The summed E-state index contributed by atoms with van der Waals surface area (Å²) < 4.78 is 0. The van der Waals surface area contributed by atoms with Gasteiger partial charge < -0.3 is 15.1 Å². The largest absolute Gasteiger partial charge is 0.481 e. The molecule has 0 amide bonds. The number of hydrogen-bond acceptors (Lipinski definition) is 3. The summed E-state index contributed by atoms with van der Waals surface area (Å²) >= 11 is 0. The van der Waals surface area contributed by atoms with Crippen molar-refractivity contribution >= 4 is 5.97 Å². The first-order chi connectivity index (χ1) is 6.97. The van der Waals surface area contributed by atoms with Crippen LogP contribution in [0.15, 0.2) is 0 Å². The molecule has 0 radical (unpaired) electrons. The van der Waals surface area contributed by atoms with Gasteiger partial charge in [0.25, 0.3) is 0 Å². The molecular formula is C11H23NO3. The minimum atomic E-state index is -0.775. The van der Waals surface area contributed by atoms with Gasteiger partial charge in [0, 0.05) is 13.1 Å². The molecule has 0 aromatic heterocycles. The second-order valence-corrected chi connectivity index (χ2v) is 4.45. The number of carboxylic acid groups (broad SMARTS) is 1. The molecule has 1 unspecified atom stereocenters. The zero-order chi connectivity index (χ0) is 11.8. The molecule has 0 spiro atoms. The summed E-state index contributed by atoms with van der Waals surface area (Å²) in [6.45, 7) is 7.99. The third-order valence-corrected chi connectivity index (χ3v) is 2.39. The number of carbonyl (C=O) groups is 1. The van der Waals surface area contributed by atoms with Gasteiger partial charge in [0.2, 0.25) is 0 Å². The molecule has 0 aliphatic rings. The van der Waals surface area contributed by atoms with Crippen molar-refractivity contribution in [3.8, 4) is 0 Å². The fourth-order valence-corrected chi connectivity index (χ4v) is 1.34. The first-order valence-electron chi connectivity index (χ1n) is 5.53. The second kappa shape index (κ2) is 7.65. The van der Waals surface area contributed by atoms with Gasteiger partial charge in [-0.2, -0.15) is 0 Å². The predicted octanol–water partition coefficient (Wildman–Crippen LogP) is 1.05. The lowest BCUT2D eigenvalue weighted by Crippen LogP contribution is -2.35. The first-order valence-corrected chi connectivity index (χ1v) is 5.53. The third kappa shape index (κ3) is 7.33. The van der Waals surface area contributed by atoms with Crippen LogP contribution in [0.1, 0.15) is 27.2 Å². The molecule has 0 rings (SSSR count). The van der Waals surface area contributed by atoms with Crippen LogP contribution in [0, 0.1) is 11.8 Å². The zero-order valence-electron chi connectivity index (χ0n) is 9.94. The predicted molar refractivity (Wildman–Crippen MR) is 59.8 cm³/mol. The van der Waals surface area contributed by atoms with E-state index in [1.807, 2.05) is 4.90 Å². The van der Waals surface area contributed by atoms with Crippen LogP contribution in [-0.4, -0.2) is 47.3 Å². The molecule has 1 atom stereocenters. The van der Waals surface area contributed by atoms with Gasteiger partial charge >= 0.3 is 5.97 Å². The highest BCUT2D eigenvalue weighted by Crippen LogP contribution is 2.05. The molecule has 0 bridgehead atoms. The highest BCUT2D eigenvalue weighted by molar-refractivity contribution is 5.69. The Labute approximate surface area is 91.9 Å². The minimum Gasteiger partial charge on any atom is -0.481 e. The monoisotopic (exact) mass is 217 g/mol. The van der Waals surface area contributed by atoms with Crippen molar-refractivity contribution in [1.82, 2.24) is 4.90 Å². The van der Waals surface area contributed by atoms with Crippen LogP contribution < -0.4 is 0 Å². The van der Waals surface area contributed by atoms with E-state index in [-0.39, 0.29) is 12.5 Å². The van der Waals surface area contributed by atoms with E-state index in [1.165, 1.54) is 0 Å². The third-order valence-electron chi connectivity index (χ3n) is 2.39. The molecule has 0 heterocycles. The van der Waals surface area contributed by atoms with Crippen molar-refractivity contribution in [2.75, 3.05) is 26.2 Å². The van der Waals surface area contributed by atoms with Gasteiger partial charge in [-0.05, 0) is 18.9 Å². The average molecular weight is 217 g/mol. The summed E-state index contributed by atoms with van der Waals surface area (Å²) in [4.78, 5) is 12.7. The number of nitrogens with zero attached hydrogens (tertiary/aromatic N) is 1. The molecule has 90 valence electrons. The maximum Gasteiger partial charge on any atom is 0.307 e. The number of hydrogen-bond donors (Lipinski definition) is 2. The molecule has 0 saturated carbocycles. The number of aliphatic hydroxyl groups is 1. The van der Waals surface area contributed by atoms with Gasteiger partial charge in [0.05, 0.1) is 12.5 Å². The lowest BCUT2D eigenvalue weighted by Gasteiger charge is -2.23. The lowest BCUT2D eigenvalue weighted by atomic mass is 10.1. The van der Waals surface area contributed by atoms with Crippen LogP contribution in [0.25, 0.3) is 0 Å². The summed E-state index contributed by atoms with van der Waals surface area (Å²) in [5, 5.41) is 17.7. The van der Waals surface area contributed by atoms with E-state index in [2.05, 4.69) is 13.8 Å². The molecule has 4 heteroatoms. The Hall–Kier alpha value is -0.610. The van der Waals surface area contributed by atoms with E-state index in [4.69, 9.17) is 10.2 Å². The average Bonchev–Trinajstić information content (AvgIpc) is 2.14. The molecule has 0 aromatic rings. The molecule has 0 aliphatic carbocycles. The Bertz CT molecular complexity index is 183. The van der Waals surface area contributed by atoms with Crippen molar-refractivity contribution in [3.63, 3.8) is 0 Å². The molecule has 0 saturated heterocycles. The fourth-order valence-electron chi connectivity index (χ4n) is 1.34. The Morgan fingerprint density at radius 2 is 1.87 bits per heavy atom. The van der Waals surface area contributed by atoms with Gasteiger partial charge in [-0.3, -0.25) is 4.79 Å². The van der Waals surface area contributed by atoms with E-state index in [9.17, 15) is 4.79 Å². The second-order valence-electron chi connectivity index (χ2n) is 4.45. The van der Waals surface area contributed by atoms with E-state index in [0.717, 1.165) is 13.0 Å². The number of rotatable bonds is 8. The van der Waals surface area contributed by atoms with Crippen LogP contribution in [0.2, 0.25) is 0 Å². The Balaban J connectivity index is 3.97. The Morgan fingerprint density at radius 3 is 2.27 bits per heavy atom. The molecule has 0 fully saturated rings. The van der Waals surface area contributed by atoms with Gasteiger partial charge in [0.15, 0.2) is 0 Å². The molecule has 4 nitrogen and oxygen atoms in total. The number of aliphatic hydroxyl groups excluding tert-OH is 1. The van der Waals surface area contributed by atoms with Crippen molar-refractivity contribution in [3.05, 3.63) is 0 Å². The summed E-state index contributed by atoms with van der Waals surface area (Å²) in [5.41, 5.74) is 0. The number of aliphatic carboxylic acids is 1. The van der Waals surface area contributed by atoms with E-state index < -0.39 is 5.97 Å². The van der Waals surface area contributed by atoms with Crippen LogP contribution in [-0.2, 0) is 4.79 Å². The zero-order valence-corrected chi connectivity index (χ0v) is 9.94. The first kappa shape index (κ1) is 14.4. The fraction of sp³-hybridized carbons (Fsp3) is 0.909. The standard InChI is InChI=1S/C11H23NO3/c1-9(2)4-5-12(6-7-13)8-10(3)11(14)15/h9-10,13H,4-8H2,1-3H3,(H,14,15). The summed E-state index contributed by atoms with van der Waals surface area (Å²) in [6.07, 6.45) is 1.03. The van der Waals surface area contributed by atoms with Crippen molar-refractivity contribution in [2.45, 2.75) is 27.2 Å². The van der Waals surface area contributed by atoms with Gasteiger partial charge in [-0.1, -0.05) is 20.8 Å². The van der Waals surface area contributed by atoms with Crippen LogP contribution >= 0.6 is 0 Å². The van der Waals surface area contributed by atoms with Crippen LogP contribution in [0.5, 0.6) is 0 Å². The van der Waals surface area contributed by atoms with Gasteiger partial charge in [-0.25, -0.2) is 0 Å². The van der Waals surface area contributed by atoms with E-state index in [1.54, 1.807) is 6.92 Å². The molecular weight excluding hydrogens is 194 g/mol. The Kier molecular flexibility index (Phi) is 7.34. The molecule has 0 aromatic carbocycles. The minimum absolute atomic E-state index is 0.0877. The summed E-state index contributed by atoms with van der Waals surface area (Å²) in [6, 6.07) is 0. The van der Waals surface area contributed by atoms with Crippen LogP contribution in [0.4, 0.5) is 0 Å². The maximum atomic E-state index is 10.7. The SMILES string of the molecule is CC(C)CCN(CCO)CC(C)C(=O)O. The summed E-state index contributed by atoms with van der Waals surface area (Å²) in [7, 11) is 0. The van der Waals surface area contributed by atoms with Crippen LogP contribution in [0.3, 0.4) is 0 Å². The Morgan fingerprint density at radius 1 is 1.27 bits per heavy atom. The van der Waals surface area contributed by atoms with E-state index >= 15 is 0 Å². The quantitative estimate of drug-likeness (QED) is 0.638. The van der Waals surface area contributed by atoms with Gasteiger partial charge in [-0.15, -0.1) is 0 Å². The highest BCUT2D eigenvalue weighted by atomic mass is 16.4. The maximum absolute atomic E-state index is 10.7. The smallest absolute Gasteiger partial charge is 0.307 e.